The highest BCUT2D eigenvalue weighted by Gasteiger charge is 2.03. The summed E-state index contributed by atoms with van der Waals surface area (Å²) in [6, 6.07) is 0. The molecule has 0 spiro atoms. The molecule has 0 aliphatic carbocycles. The number of aromatic nitrogens is 2. The highest BCUT2D eigenvalue weighted by Crippen LogP contribution is 2.17. The Hall–Kier alpha value is -0.870. The van der Waals surface area contributed by atoms with Crippen molar-refractivity contribution < 1.29 is 4.74 Å². The van der Waals surface area contributed by atoms with Crippen molar-refractivity contribution in [2.45, 2.75) is 19.8 Å². The summed E-state index contributed by atoms with van der Waals surface area (Å²) >= 11 is 5.87. The van der Waals surface area contributed by atoms with Crippen LogP contribution >= 0.6 is 11.6 Å². The summed E-state index contributed by atoms with van der Waals surface area (Å²) in [5, 5.41) is 3.73. The lowest BCUT2D eigenvalue weighted by Gasteiger charge is -2.08. The normalized spacial score (nSPS) is 10.3. The van der Waals surface area contributed by atoms with Crippen LogP contribution in [0.15, 0.2) is 6.33 Å². The second-order valence-electron chi connectivity index (χ2n) is 3.26. The lowest BCUT2D eigenvalue weighted by atomic mass is 10.3. The molecule has 0 aromatic carbocycles. The van der Waals surface area contributed by atoms with Gasteiger partial charge in [0.1, 0.15) is 17.3 Å². The van der Waals surface area contributed by atoms with Crippen molar-refractivity contribution in [1.82, 2.24) is 9.97 Å². The van der Waals surface area contributed by atoms with Crippen molar-refractivity contribution >= 4 is 17.4 Å². The molecule has 0 aliphatic rings. The number of hydrogen-bond donors (Lipinski definition) is 1. The van der Waals surface area contributed by atoms with Gasteiger partial charge in [0.05, 0.1) is 0 Å². The Bertz CT molecular complexity index is 307. The van der Waals surface area contributed by atoms with Crippen LogP contribution in [0.1, 0.15) is 18.4 Å². The third-order valence-corrected chi connectivity index (χ3v) is 2.47. The Morgan fingerprint density at radius 2 is 2.20 bits per heavy atom. The summed E-state index contributed by atoms with van der Waals surface area (Å²) in [7, 11) is 1.71. The van der Waals surface area contributed by atoms with Gasteiger partial charge in [-0.2, -0.15) is 0 Å². The quantitative estimate of drug-likeness (QED) is 0.601. The standard InChI is InChI=1S/C10H16ClN3O/c1-8-9(11)13-7-14-10(8)12-5-3-4-6-15-2/h7H,3-6H2,1-2H3,(H,12,13,14). The lowest BCUT2D eigenvalue weighted by Crippen LogP contribution is -2.06. The fourth-order valence-corrected chi connectivity index (χ4v) is 1.32. The van der Waals surface area contributed by atoms with E-state index in [-0.39, 0.29) is 0 Å². The number of hydrogen-bond acceptors (Lipinski definition) is 4. The maximum Gasteiger partial charge on any atom is 0.137 e. The minimum Gasteiger partial charge on any atom is -0.385 e. The first-order valence-corrected chi connectivity index (χ1v) is 5.33. The van der Waals surface area contributed by atoms with E-state index in [9.17, 15) is 0 Å². The summed E-state index contributed by atoms with van der Waals surface area (Å²) in [5.74, 6) is 0.812. The Kier molecular flexibility index (Phi) is 5.36. The monoisotopic (exact) mass is 229 g/mol. The number of unbranched alkanes of at least 4 members (excludes halogenated alkanes) is 1. The Morgan fingerprint density at radius 1 is 1.40 bits per heavy atom. The average molecular weight is 230 g/mol. The van der Waals surface area contributed by atoms with Crippen molar-refractivity contribution in [1.29, 1.82) is 0 Å². The molecule has 5 heteroatoms. The number of methoxy groups -OCH3 is 1. The summed E-state index contributed by atoms with van der Waals surface area (Å²) in [6.07, 6.45) is 3.56. The van der Waals surface area contributed by atoms with Crippen LogP contribution in [0.2, 0.25) is 5.15 Å². The van der Waals surface area contributed by atoms with Gasteiger partial charge in [-0.25, -0.2) is 9.97 Å². The molecular weight excluding hydrogens is 214 g/mol. The van der Waals surface area contributed by atoms with E-state index in [0.717, 1.165) is 37.4 Å². The molecule has 15 heavy (non-hydrogen) atoms. The molecule has 0 saturated heterocycles. The molecule has 1 N–H and O–H groups in total. The van der Waals surface area contributed by atoms with Gasteiger partial charge < -0.3 is 10.1 Å². The van der Waals surface area contributed by atoms with E-state index in [1.54, 1.807) is 7.11 Å². The van der Waals surface area contributed by atoms with E-state index in [1.165, 1.54) is 6.33 Å². The van der Waals surface area contributed by atoms with Crippen molar-refractivity contribution in [2.75, 3.05) is 25.6 Å². The molecule has 1 aromatic rings. The van der Waals surface area contributed by atoms with Crippen molar-refractivity contribution in [3.8, 4) is 0 Å². The van der Waals surface area contributed by atoms with Crippen LogP contribution in [-0.4, -0.2) is 30.2 Å². The van der Waals surface area contributed by atoms with Crippen molar-refractivity contribution in [3.05, 3.63) is 17.0 Å². The molecule has 1 aromatic heterocycles. The summed E-state index contributed by atoms with van der Waals surface area (Å²) in [5.41, 5.74) is 0.894. The largest absolute Gasteiger partial charge is 0.385 e. The van der Waals surface area contributed by atoms with Crippen LogP contribution < -0.4 is 5.32 Å². The fraction of sp³-hybridized carbons (Fsp3) is 0.600. The van der Waals surface area contributed by atoms with Gasteiger partial charge in [0.25, 0.3) is 0 Å². The molecule has 4 nitrogen and oxygen atoms in total. The summed E-state index contributed by atoms with van der Waals surface area (Å²) in [4.78, 5) is 8.01. The van der Waals surface area contributed by atoms with Gasteiger partial charge >= 0.3 is 0 Å². The molecule has 1 heterocycles. The third kappa shape index (κ3) is 4.01. The highest BCUT2D eigenvalue weighted by atomic mass is 35.5. The minimum absolute atomic E-state index is 0.504. The highest BCUT2D eigenvalue weighted by molar-refractivity contribution is 6.30. The SMILES string of the molecule is COCCCCNc1ncnc(Cl)c1C. The molecule has 0 radical (unpaired) electrons. The fourth-order valence-electron chi connectivity index (χ4n) is 1.19. The Morgan fingerprint density at radius 3 is 2.93 bits per heavy atom. The Balaban J connectivity index is 2.34. The number of ether oxygens (including phenoxy) is 1. The van der Waals surface area contributed by atoms with Crippen LogP contribution in [0.5, 0.6) is 0 Å². The number of halogens is 1. The van der Waals surface area contributed by atoms with Gasteiger partial charge in [-0.1, -0.05) is 11.6 Å². The Labute approximate surface area is 95.0 Å². The van der Waals surface area contributed by atoms with Crippen LogP contribution in [-0.2, 0) is 4.74 Å². The zero-order valence-corrected chi connectivity index (χ0v) is 9.84. The smallest absolute Gasteiger partial charge is 0.137 e. The molecule has 0 saturated carbocycles. The van der Waals surface area contributed by atoms with Gasteiger partial charge in [0.2, 0.25) is 0 Å². The second-order valence-corrected chi connectivity index (χ2v) is 3.62. The molecule has 84 valence electrons. The second kappa shape index (κ2) is 6.58. The third-order valence-electron chi connectivity index (χ3n) is 2.09. The van der Waals surface area contributed by atoms with Crippen molar-refractivity contribution in [2.24, 2.45) is 0 Å². The molecule has 0 fully saturated rings. The van der Waals surface area contributed by atoms with E-state index in [4.69, 9.17) is 16.3 Å². The molecule has 0 aliphatic heterocycles. The summed E-state index contributed by atoms with van der Waals surface area (Å²) < 4.78 is 4.96. The average Bonchev–Trinajstić information content (AvgIpc) is 2.24. The number of nitrogens with one attached hydrogen (secondary N) is 1. The molecule has 0 bridgehead atoms. The molecule has 0 atom stereocenters. The van der Waals surface area contributed by atoms with Gasteiger partial charge in [0.15, 0.2) is 0 Å². The first-order chi connectivity index (χ1) is 7.25. The van der Waals surface area contributed by atoms with Gasteiger partial charge in [-0.05, 0) is 19.8 Å². The predicted molar refractivity (Wildman–Crippen MR) is 61.4 cm³/mol. The maximum absolute atomic E-state index is 5.87. The van der Waals surface area contributed by atoms with E-state index >= 15 is 0 Å². The number of anilines is 1. The molecule has 0 amide bonds. The first-order valence-electron chi connectivity index (χ1n) is 4.95. The van der Waals surface area contributed by atoms with Crippen LogP contribution in [0, 0.1) is 6.92 Å². The molecule has 0 unspecified atom stereocenters. The van der Waals surface area contributed by atoms with Gasteiger partial charge in [0, 0.05) is 25.8 Å². The minimum atomic E-state index is 0.504. The zero-order valence-electron chi connectivity index (χ0n) is 9.09. The lowest BCUT2D eigenvalue weighted by molar-refractivity contribution is 0.194. The maximum atomic E-state index is 5.87. The van der Waals surface area contributed by atoms with E-state index in [0.29, 0.717) is 5.15 Å². The van der Waals surface area contributed by atoms with Crippen LogP contribution in [0.3, 0.4) is 0 Å². The zero-order chi connectivity index (χ0) is 11.1. The first kappa shape index (κ1) is 12.2. The molecule has 1 rings (SSSR count). The van der Waals surface area contributed by atoms with Crippen molar-refractivity contribution in [3.63, 3.8) is 0 Å². The van der Waals surface area contributed by atoms with Crippen LogP contribution in [0.25, 0.3) is 0 Å². The van der Waals surface area contributed by atoms with E-state index in [2.05, 4.69) is 15.3 Å². The number of nitrogens with zero attached hydrogens (tertiary/aromatic N) is 2. The van der Waals surface area contributed by atoms with Gasteiger partial charge in [-0.3, -0.25) is 0 Å². The molecular formula is C10H16ClN3O. The van der Waals surface area contributed by atoms with E-state index in [1.807, 2.05) is 6.92 Å². The van der Waals surface area contributed by atoms with Gasteiger partial charge in [-0.15, -0.1) is 0 Å². The topological polar surface area (TPSA) is 47.0 Å². The number of rotatable bonds is 6. The predicted octanol–water partition coefficient (Wildman–Crippen LogP) is 2.28. The summed E-state index contributed by atoms with van der Waals surface area (Å²) in [6.45, 7) is 3.57. The van der Waals surface area contributed by atoms with E-state index < -0.39 is 0 Å². The van der Waals surface area contributed by atoms with Crippen LogP contribution in [0.4, 0.5) is 5.82 Å².